The van der Waals surface area contributed by atoms with Crippen LogP contribution in [0.25, 0.3) is 10.8 Å². The second kappa shape index (κ2) is 20.6. The van der Waals surface area contributed by atoms with E-state index in [1.165, 1.54) is 10.8 Å². The van der Waals surface area contributed by atoms with E-state index >= 15 is 0 Å². The first-order chi connectivity index (χ1) is 31.0. The Hall–Kier alpha value is -6.08. The summed E-state index contributed by atoms with van der Waals surface area (Å²) in [5.74, 6) is 7.41. The number of rotatable bonds is 16. The first-order valence-electron chi connectivity index (χ1n) is 21.3. The van der Waals surface area contributed by atoms with Gasteiger partial charge in [0.25, 0.3) is 14.1 Å². The van der Waals surface area contributed by atoms with E-state index in [9.17, 15) is 20.0 Å². The number of aliphatic hydroxyl groups is 1. The molecule has 2 N–H and O–H groups in total. The smallest absolute Gasteiger partial charge is 0.330 e. The molecule has 330 valence electrons. The first kappa shape index (κ1) is 45.9. The molecule has 2 heterocycles. The minimum atomic E-state index is -1.85. The number of aromatic nitrogens is 2. The van der Waals surface area contributed by atoms with Gasteiger partial charge in [-0.15, -0.1) is 0 Å². The number of nitrogens with one attached hydrogen (secondary N) is 1. The number of benzene rings is 5. The number of hydrogen-bond acceptors (Lipinski definition) is 10. The number of fused-ring (bicyclic) bond motifs is 1. The van der Waals surface area contributed by atoms with E-state index in [2.05, 4.69) is 27.6 Å². The Morgan fingerprint density at radius 1 is 0.812 bits per heavy atom. The third kappa shape index (κ3) is 9.55. The number of nitriles is 1. The number of ether oxygens (including phenoxy) is 3. The number of methoxy groups -OCH3 is 2. The Labute approximate surface area is 374 Å². The minimum Gasteiger partial charge on any atom is -0.497 e. The lowest BCUT2D eigenvalue weighted by atomic mass is 9.64. The van der Waals surface area contributed by atoms with E-state index in [0.29, 0.717) is 11.5 Å². The van der Waals surface area contributed by atoms with Gasteiger partial charge in [0, 0.05) is 30.3 Å². The van der Waals surface area contributed by atoms with Gasteiger partial charge in [-0.2, -0.15) is 5.26 Å². The summed E-state index contributed by atoms with van der Waals surface area (Å²) >= 11 is 0. The molecular weight excluding hydrogens is 828 g/mol. The zero-order chi connectivity index (χ0) is 45.4. The molecule has 0 radical (unpaired) electrons. The van der Waals surface area contributed by atoms with E-state index in [1.807, 2.05) is 149 Å². The molecule has 2 unspecified atom stereocenters. The van der Waals surface area contributed by atoms with Crippen molar-refractivity contribution in [2.45, 2.75) is 82.6 Å². The molecule has 13 heteroatoms. The van der Waals surface area contributed by atoms with Crippen LogP contribution < -0.4 is 20.7 Å². The first-order valence-corrected chi connectivity index (χ1v) is 22.4. The molecule has 0 spiro atoms. The summed E-state index contributed by atoms with van der Waals surface area (Å²) in [5, 5.41) is 24.9. The number of H-pyrrole nitrogens is 1. The van der Waals surface area contributed by atoms with Gasteiger partial charge in [0.1, 0.15) is 35.5 Å². The average Bonchev–Trinajstić information content (AvgIpc) is 3.72. The van der Waals surface area contributed by atoms with Gasteiger partial charge < -0.3 is 28.4 Å². The number of aromatic amines is 1. The monoisotopic (exact) mass is 880 g/mol. The van der Waals surface area contributed by atoms with E-state index < -0.39 is 49.7 Å². The van der Waals surface area contributed by atoms with Gasteiger partial charge in [-0.25, -0.2) is 9.46 Å². The van der Waals surface area contributed by atoms with Crippen LogP contribution in [0.3, 0.4) is 0 Å². The SMILES string of the molecule is COc1ccc(C(c2ccccc2)(c2ccc(OC)cc2)C(O)[C@H]2O[C@@H](n3cc(C#Cc4cccc5ccccc45)c(=O)[nH]c3=O)C[C@@H]2OP(OCCC#N)N(C(C)C)C(C)C)cc1. The molecular formula is C51H53N4O8P. The maximum Gasteiger partial charge on any atom is 0.330 e. The third-order valence-electron chi connectivity index (χ3n) is 11.5. The number of aliphatic hydroxyl groups excluding tert-OH is 1. The van der Waals surface area contributed by atoms with Gasteiger partial charge in [0.05, 0.1) is 44.8 Å². The lowest BCUT2D eigenvalue weighted by molar-refractivity contribution is -0.0953. The lowest BCUT2D eigenvalue weighted by Crippen LogP contribution is -2.52. The molecule has 1 fully saturated rings. The second-order valence-corrected chi connectivity index (χ2v) is 17.5. The Balaban J connectivity index is 1.40. The van der Waals surface area contributed by atoms with Crippen molar-refractivity contribution in [1.29, 1.82) is 5.26 Å². The van der Waals surface area contributed by atoms with Gasteiger partial charge in [-0.05, 0) is 85.5 Å². The van der Waals surface area contributed by atoms with Crippen LogP contribution in [0.4, 0.5) is 0 Å². The average molecular weight is 881 g/mol. The van der Waals surface area contributed by atoms with Gasteiger partial charge in [-0.1, -0.05) is 103 Å². The summed E-state index contributed by atoms with van der Waals surface area (Å²) in [6.45, 7) is 8.29. The highest BCUT2D eigenvalue weighted by atomic mass is 31.2. The van der Waals surface area contributed by atoms with Crippen molar-refractivity contribution in [2.75, 3.05) is 20.8 Å². The minimum absolute atomic E-state index is 0.0265. The van der Waals surface area contributed by atoms with Gasteiger partial charge in [0.2, 0.25) is 0 Å². The van der Waals surface area contributed by atoms with Crippen molar-refractivity contribution in [3.63, 3.8) is 0 Å². The largest absolute Gasteiger partial charge is 0.497 e. The molecule has 6 aromatic rings. The highest BCUT2D eigenvalue weighted by Gasteiger charge is 2.54. The Morgan fingerprint density at radius 2 is 1.39 bits per heavy atom. The Bertz CT molecular complexity index is 2680. The standard InChI is InChI=1S/C51H53N4O8P/c1-34(2)55(35(3)4)64(61-31-13-30-52)63-45-32-46(54-33-38(49(57)53-50(54)58)21-20-37-16-12-15-36-14-10-11-19-44(36)37)62-47(45)48(56)51(39-17-8-7-9-18-39,40-22-26-42(59-5)27-23-40)41-24-28-43(60-6)29-25-41/h7-12,14-19,22-29,33-35,45-48,56H,13,31-32H2,1-6H3,(H,53,57,58)/t45-,46+,47-,48?,64?/m0/s1. The second-order valence-electron chi connectivity index (χ2n) is 16.0. The van der Waals surface area contributed by atoms with Crippen LogP contribution in [-0.4, -0.2) is 70.6 Å². The van der Waals surface area contributed by atoms with Crippen LogP contribution in [0.2, 0.25) is 0 Å². The van der Waals surface area contributed by atoms with Crippen molar-refractivity contribution >= 4 is 19.3 Å². The normalized spacial score (nSPS) is 17.2. The Kier molecular flexibility index (Phi) is 14.8. The predicted molar refractivity (Wildman–Crippen MR) is 248 cm³/mol. The van der Waals surface area contributed by atoms with Crippen LogP contribution in [-0.2, 0) is 19.2 Å². The van der Waals surface area contributed by atoms with Crippen LogP contribution >= 0.6 is 8.53 Å². The fraction of sp³-hybridized carbons (Fsp3) is 0.314. The summed E-state index contributed by atoms with van der Waals surface area (Å²) < 4.78 is 35.0. The molecule has 0 amide bonds. The molecule has 0 aliphatic carbocycles. The van der Waals surface area contributed by atoms with Crippen LogP contribution in [0, 0.1) is 23.2 Å². The fourth-order valence-electron chi connectivity index (χ4n) is 8.55. The van der Waals surface area contributed by atoms with Crippen molar-refractivity contribution in [1.82, 2.24) is 14.2 Å². The molecule has 5 aromatic carbocycles. The molecule has 0 saturated carbocycles. The molecule has 1 aliphatic heterocycles. The number of nitrogens with zero attached hydrogens (tertiary/aromatic N) is 3. The maximum atomic E-state index is 13.9. The molecule has 1 aliphatic rings. The third-order valence-corrected chi connectivity index (χ3v) is 13.6. The molecule has 1 aromatic heterocycles. The van der Waals surface area contributed by atoms with Crippen molar-refractivity contribution < 1.29 is 28.4 Å². The molecule has 7 rings (SSSR count). The van der Waals surface area contributed by atoms with Crippen molar-refractivity contribution in [3.05, 3.63) is 176 Å². The van der Waals surface area contributed by atoms with Crippen LogP contribution in [0.1, 0.15) is 74.6 Å². The van der Waals surface area contributed by atoms with E-state index in [0.717, 1.165) is 33.0 Å². The molecule has 0 bridgehead atoms. The highest BCUT2D eigenvalue weighted by Crippen LogP contribution is 2.53. The zero-order valence-corrected chi connectivity index (χ0v) is 37.7. The molecule has 12 nitrogen and oxygen atoms in total. The molecule has 64 heavy (non-hydrogen) atoms. The summed E-state index contributed by atoms with van der Waals surface area (Å²) in [6.07, 6.45) is -2.81. The Morgan fingerprint density at radius 3 is 2.00 bits per heavy atom. The van der Waals surface area contributed by atoms with E-state index in [-0.39, 0.29) is 37.1 Å². The zero-order valence-electron chi connectivity index (χ0n) is 36.8. The predicted octanol–water partition coefficient (Wildman–Crippen LogP) is 8.45. The van der Waals surface area contributed by atoms with Gasteiger partial charge in [0.15, 0.2) is 0 Å². The van der Waals surface area contributed by atoms with Crippen molar-refractivity contribution in [3.8, 4) is 29.4 Å². The van der Waals surface area contributed by atoms with Gasteiger partial charge in [-0.3, -0.25) is 14.3 Å². The van der Waals surface area contributed by atoms with Crippen LogP contribution in [0.5, 0.6) is 11.5 Å². The van der Waals surface area contributed by atoms with Crippen LogP contribution in [0.15, 0.2) is 137 Å². The van der Waals surface area contributed by atoms with Gasteiger partial charge >= 0.3 is 5.69 Å². The highest BCUT2D eigenvalue weighted by molar-refractivity contribution is 7.44. The van der Waals surface area contributed by atoms with E-state index in [1.54, 1.807) is 14.2 Å². The van der Waals surface area contributed by atoms with E-state index in [4.69, 9.17) is 23.3 Å². The molecule has 1 saturated heterocycles. The van der Waals surface area contributed by atoms with Crippen molar-refractivity contribution in [2.24, 2.45) is 0 Å². The fourth-order valence-corrected chi connectivity index (χ4v) is 10.3. The molecule has 5 atom stereocenters. The number of hydrogen-bond donors (Lipinski definition) is 2. The summed E-state index contributed by atoms with van der Waals surface area (Å²) in [4.78, 5) is 29.7. The quantitative estimate of drug-likeness (QED) is 0.0420. The topological polar surface area (TPSA) is 148 Å². The summed E-state index contributed by atoms with van der Waals surface area (Å²) in [7, 11) is 1.34. The lowest BCUT2D eigenvalue weighted by Gasteiger charge is -2.44. The maximum absolute atomic E-state index is 13.9. The summed E-state index contributed by atoms with van der Waals surface area (Å²) in [5.41, 5.74) is 0.335. The summed E-state index contributed by atoms with van der Waals surface area (Å²) in [6, 6.07) is 40.5.